The van der Waals surface area contributed by atoms with Crippen LogP contribution in [0.4, 0.5) is 0 Å². The number of carbonyl (C=O) groups excluding carboxylic acids is 2. The molecule has 3 rings (SSSR count). The molecule has 0 unspecified atom stereocenters. The maximum atomic E-state index is 12.2. The lowest BCUT2D eigenvalue weighted by molar-refractivity contribution is -0.128. The topological polar surface area (TPSA) is 93.0 Å². The van der Waals surface area contributed by atoms with Gasteiger partial charge in [-0.05, 0) is 19.3 Å². The lowest BCUT2D eigenvalue weighted by atomic mass is 10.0. The van der Waals surface area contributed by atoms with Crippen LogP contribution in [0.2, 0.25) is 0 Å². The average Bonchev–Trinajstić information content (AvgIpc) is 3.28. The van der Waals surface area contributed by atoms with Crippen LogP contribution < -0.4 is 5.32 Å². The fourth-order valence-corrected chi connectivity index (χ4v) is 3.71. The molecule has 1 aliphatic heterocycles. The lowest BCUT2D eigenvalue weighted by Gasteiger charge is -2.13. The van der Waals surface area contributed by atoms with E-state index in [1.165, 1.54) is 0 Å². The Labute approximate surface area is 159 Å². The maximum Gasteiger partial charge on any atom is 0.223 e. The molecule has 0 radical (unpaired) electrons. The molecule has 0 saturated carbocycles. The molecule has 1 N–H and O–H groups in total. The summed E-state index contributed by atoms with van der Waals surface area (Å²) in [6, 6.07) is 0. The average molecular weight is 372 g/mol. The minimum Gasteiger partial charge on any atom is -0.354 e. The van der Waals surface area contributed by atoms with Crippen LogP contribution in [-0.4, -0.2) is 56.1 Å². The number of amides is 2. The zero-order valence-electron chi connectivity index (χ0n) is 16.3. The van der Waals surface area contributed by atoms with Gasteiger partial charge in [0, 0.05) is 50.8 Å². The first-order valence-electron chi connectivity index (χ1n) is 9.75. The highest BCUT2D eigenvalue weighted by Gasteiger charge is 2.30. The molecular formula is C19H28N6O2. The van der Waals surface area contributed by atoms with Crippen molar-refractivity contribution < 1.29 is 9.59 Å². The smallest absolute Gasteiger partial charge is 0.223 e. The summed E-state index contributed by atoms with van der Waals surface area (Å²) in [7, 11) is 0. The molecule has 8 heteroatoms. The normalized spacial score (nSPS) is 17.0. The number of nitrogens with one attached hydrogen (secondary N) is 1. The Hall–Kier alpha value is -2.51. The number of carbonyl (C=O) groups is 2. The second kappa shape index (κ2) is 8.45. The molecule has 1 aliphatic rings. The Balaban J connectivity index is 1.73. The van der Waals surface area contributed by atoms with E-state index in [0.717, 1.165) is 42.7 Å². The molecule has 2 aromatic rings. The van der Waals surface area contributed by atoms with E-state index in [1.54, 1.807) is 19.3 Å². The molecular weight excluding hydrogens is 344 g/mol. The van der Waals surface area contributed by atoms with Gasteiger partial charge in [0.15, 0.2) is 5.65 Å². The van der Waals surface area contributed by atoms with Crippen molar-refractivity contribution in [3.05, 3.63) is 18.1 Å². The predicted octanol–water partition coefficient (Wildman–Crippen LogP) is 1.71. The summed E-state index contributed by atoms with van der Waals surface area (Å²) in [6.07, 6.45) is 5.90. The summed E-state index contributed by atoms with van der Waals surface area (Å²) in [5.41, 5.74) is 2.41. The van der Waals surface area contributed by atoms with Crippen LogP contribution in [0.3, 0.4) is 0 Å². The Morgan fingerprint density at radius 1 is 1.26 bits per heavy atom. The monoisotopic (exact) mass is 372 g/mol. The molecule has 0 aromatic carbocycles. The minimum atomic E-state index is 0.0609. The summed E-state index contributed by atoms with van der Waals surface area (Å²) in [4.78, 5) is 34.6. The standard InChI is InChI=1S/C19H28N6O2/c1-4-14(5-2)19(27)22-9-11-25-18-17(20-7-8-21-18)16(23-25)15-6-10-24(12-15)13(3)26/h7-8,14-15H,4-6,9-12H2,1-3H3,(H,22,27)/t15-/m0/s1. The molecule has 3 heterocycles. The summed E-state index contributed by atoms with van der Waals surface area (Å²) in [5, 5.41) is 7.75. The van der Waals surface area contributed by atoms with Crippen LogP contribution in [0, 0.1) is 5.92 Å². The van der Waals surface area contributed by atoms with Crippen molar-refractivity contribution in [3.63, 3.8) is 0 Å². The molecule has 0 bridgehead atoms. The van der Waals surface area contributed by atoms with Crippen molar-refractivity contribution in [3.8, 4) is 0 Å². The van der Waals surface area contributed by atoms with Gasteiger partial charge in [-0.2, -0.15) is 5.10 Å². The van der Waals surface area contributed by atoms with Gasteiger partial charge in [0.05, 0.1) is 12.2 Å². The largest absolute Gasteiger partial charge is 0.354 e. The molecule has 27 heavy (non-hydrogen) atoms. The molecule has 1 atom stereocenters. The number of rotatable bonds is 7. The van der Waals surface area contributed by atoms with Gasteiger partial charge in [-0.1, -0.05) is 13.8 Å². The Bertz CT molecular complexity index is 814. The van der Waals surface area contributed by atoms with Crippen LogP contribution >= 0.6 is 0 Å². The van der Waals surface area contributed by atoms with Gasteiger partial charge in [0.25, 0.3) is 0 Å². The molecule has 1 fully saturated rings. The van der Waals surface area contributed by atoms with E-state index < -0.39 is 0 Å². The van der Waals surface area contributed by atoms with E-state index in [-0.39, 0.29) is 23.7 Å². The van der Waals surface area contributed by atoms with Crippen molar-refractivity contribution in [2.45, 2.75) is 52.5 Å². The predicted molar refractivity (Wildman–Crippen MR) is 102 cm³/mol. The lowest BCUT2D eigenvalue weighted by Crippen LogP contribution is -2.32. The van der Waals surface area contributed by atoms with Crippen molar-refractivity contribution in [1.82, 2.24) is 30.0 Å². The van der Waals surface area contributed by atoms with Crippen molar-refractivity contribution in [2.75, 3.05) is 19.6 Å². The van der Waals surface area contributed by atoms with Crippen LogP contribution in [-0.2, 0) is 16.1 Å². The SMILES string of the molecule is CCC(CC)C(=O)NCCn1nc([C@H]2CCN(C(C)=O)C2)c2nccnc21. The van der Waals surface area contributed by atoms with Gasteiger partial charge in [-0.25, -0.2) is 14.6 Å². The van der Waals surface area contributed by atoms with Crippen molar-refractivity contribution in [2.24, 2.45) is 5.92 Å². The summed E-state index contributed by atoms with van der Waals surface area (Å²) in [5.74, 6) is 0.423. The van der Waals surface area contributed by atoms with Gasteiger partial charge < -0.3 is 10.2 Å². The van der Waals surface area contributed by atoms with Gasteiger partial charge >= 0.3 is 0 Å². The number of hydrogen-bond donors (Lipinski definition) is 1. The highest BCUT2D eigenvalue weighted by Crippen LogP contribution is 2.30. The summed E-state index contributed by atoms with van der Waals surface area (Å²) in [6.45, 7) is 8.13. The van der Waals surface area contributed by atoms with E-state index in [1.807, 2.05) is 23.4 Å². The van der Waals surface area contributed by atoms with Crippen LogP contribution in [0.1, 0.15) is 51.6 Å². The van der Waals surface area contributed by atoms with E-state index in [9.17, 15) is 9.59 Å². The third-order valence-corrected chi connectivity index (χ3v) is 5.39. The Kier molecular flexibility index (Phi) is 6.03. The first-order chi connectivity index (χ1) is 13.0. The highest BCUT2D eigenvalue weighted by atomic mass is 16.2. The molecule has 2 aromatic heterocycles. The van der Waals surface area contributed by atoms with Crippen LogP contribution in [0.25, 0.3) is 11.2 Å². The third kappa shape index (κ3) is 4.09. The van der Waals surface area contributed by atoms with Crippen LogP contribution in [0.5, 0.6) is 0 Å². The third-order valence-electron chi connectivity index (χ3n) is 5.39. The Morgan fingerprint density at radius 3 is 2.67 bits per heavy atom. The van der Waals surface area contributed by atoms with Crippen LogP contribution in [0.15, 0.2) is 12.4 Å². The molecule has 0 aliphatic carbocycles. The zero-order chi connectivity index (χ0) is 19.4. The van der Waals surface area contributed by atoms with E-state index in [0.29, 0.717) is 19.6 Å². The first-order valence-corrected chi connectivity index (χ1v) is 9.75. The number of aromatic nitrogens is 4. The summed E-state index contributed by atoms with van der Waals surface area (Å²) < 4.78 is 1.82. The van der Waals surface area contributed by atoms with E-state index in [2.05, 4.69) is 15.3 Å². The first kappa shape index (κ1) is 19.3. The maximum absolute atomic E-state index is 12.2. The second-order valence-electron chi connectivity index (χ2n) is 7.09. The molecule has 1 saturated heterocycles. The van der Waals surface area contributed by atoms with Gasteiger partial charge in [-0.3, -0.25) is 9.59 Å². The Morgan fingerprint density at radius 2 is 2.00 bits per heavy atom. The summed E-state index contributed by atoms with van der Waals surface area (Å²) >= 11 is 0. The molecule has 146 valence electrons. The molecule has 8 nitrogen and oxygen atoms in total. The zero-order valence-corrected chi connectivity index (χ0v) is 16.3. The number of hydrogen-bond acceptors (Lipinski definition) is 5. The number of likely N-dealkylation sites (tertiary alicyclic amines) is 1. The number of fused-ring (bicyclic) bond motifs is 1. The minimum absolute atomic E-state index is 0.0609. The molecule has 0 spiro atoms. The fourth-order valence-electron chi connectivity index (χ4n) is 3.71. The van der Waals surface area contributed by atoms with E-state index >= 15 is 0 Å². The van der Waals surface area contributed by atoms with Crippen molar-refractivity contribution in [1.29, 1.82) is 0 Å². The highest BCUT2D eigenvalue weighted by molar-refractivity contribution is 5.78. The quantitative estimate of drug-likeness (QED) is 0.799. The number of nitrogens with zero attached hydrogens (tertiary/aromatic N) is 5. The van der Waals surface area contributed by atoms with Gasteiger partial charge in [0.1, 0.15) is 5.52 Å². The second-order valence-corrected chi connectivity index (χ2v) is 7.09. The molecule has 2 amide bonds. The van der Waals surface area contributed by atoms with Crippen molar-refractivity contribution >= 4 is 23.0 Å². The van der Waals surface area contributed by atoms with Gasteiger partial charge in [-0.15, -0.1) is 0 Å². The fraction of sp³-hybridized carbons (Fsp3) is 0.632. The van der Waals surface area contributed by atoms with E-state index in [4.69, 9.17) is 5.10 Å². The van der Waals surface area contributed by atoms with Gasteiger partial charge in [0.2, 0.25) is 11.8 Å².